The van der Waals surface area contributed by atoms with Crippen LogP contribution in [0.15, 0.2) is 24.3 Å². The zero-order chi connectivity index (χ0) is 14.8. The van der Waals surface area contributed by atoms with Gasteiger partial charge in [0.1, 0.15) is 0 Å². The molecule has 3 rings (SSSR count). The van der Waals surface area contributed by atoms with Crippen LogP contribution in [0.2, 0.25) is 0 Å². The van der Waals surface area contributed by atoms with Crippen LogP contribution in [0.4, 0.5) is 0 Å². The predicted molar refractivity (Wildman–Crippen MR) is 90.5 cm³/mol. The molecule has 2 aliphatic carbocycles. The molecule has 0 amide bonds. The molecule has 21 heavy (non-hydrogen) atoms. The fourth-order valence-corrected chi connectivity index (χ4v) is 4.91. The van der Waals surface area contributed by atoms with E-state index in [2.05, 4.69) is 50.4 Å². The zero-order valence-corrected chi connectivity index (χ0v) is 13.9. The van der Waals surface area contributed by atoms with E-state index in [4.69, 9.17) is 0 Å². The highest BCUT2D eigenvalue weighted by Crippen LogP contribution is 2.47. The molecular formula is C20H31N. The molecule has 0 aromatic heterocycles. The third-order valence-corrected chi connectivity index (χ3v) is 5.84. The van der Waals surface area contributed by atoms with Crippen LogP contribution in [-0.4, -0.2) is 12.6 Å². The van der Waals surface area contributed by atoms with Crippen molar-refractivity contribution in [1.82, 2.24) is 5.32 Å². The first-order chi connectivity index (χ1) is 10.2. The number of hydrogen-bond acceptors (Lipinski definition) is 1. The number of hydrogen-bond donors (Lipinski definition) is 1. The van der Waals surface area contributed by atoms with Gasteiger partial charge in [0.2, 0.25) is 0 Å². The Balaban J connectivity index is 1.84. The van der Waals surface area contributed by atoms with Gasteiger partial charge in [0.25, 0.3) is 0 Å². The Morgan fingerprint density at radius 1 is 1.05 bits per heavy atom. The van der Waals surface area contributed by atoms with Gasteiger partial charge in [-0.1, -0.05) is 45.0 Å². The largest absolute Gasteiger partial charge is 0.313 e. The smallest absolute Gasteiger partial charge is 0.0124 e. The highest BCUT2D eigenvalue weighted by atomic mass is 14.9. The first kappa shape index (κ1) is 15.1. The molecule has 1 saturated carbocycles. The normalized spacial score (nSPS) is 29.2. The third kappa shape index (κ3) is 3.04. The van der Waals surface area contributed by atoms with Crippen molar-refractivity contribution < 1.29 is 0 Å². The lowest BCUT2D eigenvalue weighted by molar-refractivity contribution is 0.189. The zero-order valence-electron chi connectivity index (χ0n) is 13.9. The number of nitrogens with one attached hydrogen (secondary N) is 1. The highest BCUT2D eigenvalue weighted by Gasteiger charge is 2.43. The van der Waals surface area contributed by atoms with Crippen LogP contribution in [0.5, 0.6) is 0 Å². The maximum Gasteiger partial charge on any atom is 0.0124 e. The minimum absolute atomic E-state index is 0.705. The Morgan fingerprint density at radius 3 is 2.10 bits per heavy atom. The Bertz CT molecular complexity index is 432. The van der Waals surface area contributed by atoms with Crippen LogP contribution >= 0.6 is 0 Å². The van der Waals surface area contributed by atoms with Crippen LogP contribution in [-0.2, 0) is 12.8 Å². The second-order valence-corrected chi connectivity index (χ2v) is 7.58. The lowest BCUT2D eigenvalue weighted by Crippen LogP contribution is -2.44. The van der Waals surface area contributed by atoms with Crippen molar-refractivity contribution in [2.75, 3.05) is 6.54 Å². The maximum atomic E-state index is 3.89. The first-order valence-corrected chi connectivity index (χ1v) is 9.00. The van der Waals surface area contributed by atoms with Gasteiger partial charge in [-0.3, -0.25) is 0 Å². The molecule has 1 fully saturated rings. The lowest BCUT2D eigenvalue weighted by Gasteiger charge is -2.35. The van der Waals surface area contributed by atoms with E-state index in [0.717, 1.165) is 23.7 Å². The summed E-state index contributed by atoms with van der Waals surface area (Å²) in [6, 6.07) is 9.90. The van der Waals surface area contributed by atoms with Crippen molar-refractivity contribution in [3.8, 4) is 0 Å². The van der Waals surface area contributed by atoms with Gasteiger partial charge in [-0.25, -0.2) is 0 Å². The Labute approximate surface area is 130 Å². The van der Waals surface area contributed by atoms with E-state index in [0.29, 0.717) is 6.04 Å². The summed E-state index contributed by atoms with van der Waals surface area (Å²) in [5, 5.41) is 3.89. The van der Waals surface area contributed by atoms with Crippen molar-refractivity contribution in [3.63, 3.8) is 0 Å². The average molecular weight is 285 g/mol. The van der Waals surface area contributed by atoms with Crippen molar-refractivity contribution in [2.24, 2.45) is 23.7 Å². The van der Waals surface area contributed by atoms with Crippen molar-refractivity contribution in [1.29, 1.82) is 0 Å². The fraction of sp³-hybridized carbons (Fsp3) is 0.700. The van der Waals surface area contributed by atoms with Crippen LogP contribution < -0.4 is 5.32 Å². The van der Waals surface area contributed by atoms with E-state index >= 15 is 0 Å². The summed E-state index contributed by atoms with van der Waals surface area (Å²) in [6.07, 6.45) is 6.76. The first-order valence-electron chi connectivity index (χ1n) is 9.00. The average Bonchev–Trinajstić information content (AvgIpc) is 2.75. The summed E-state index contributed by atoms with van der Waals surface area (Å²) >= 11 is 0. The van der Waals surface area contributed by atoms with E-state index in [-0.39, 0.29) is 0 Å². The topological polar surface area (TPSA) is 12.0 Å². The molecule has 0 spiro atoms. The highest BCUT2D eigenvalue weighted by molar-refractivity contribution is 5.30. The fourth-order valence-electron chi connectivity index (χ4n) is 4.91. The Kier molecular flexibility index (Phi) is 4.69. The van der Waals surface area contributed by atoms with Gasteiger partial charge in [-0.15, -0.1) is 0 Å². The predicted octanol–water partition coefficient (Wildman–Crippen LogP) is 4.45. The quantitative estimate of drug-likeness (QED) is 0.842. The molecule has 1 aromatic carbocycles. The molecule has 0 saturated heterocycles. The SMILES string of the molecule is CCCNC(C(C)C)C1C2CCC1Cc1ccccc1C2. The molecule has 2 bridgehead atoms. The van der Waals surface area contributed by atoms with Crippen molar-refractivity contribution >= 4 is 0 Å². The second kappa shape index (κ2) is 6.52. The number of fused-ring (bicyclic) bond motifs is 3. The molecule has 1 nitrogen and oxygen atoms in total. The van der Waals surface area contributed by atoms with Gasteiger partial charge >= 0.3 is 0 Å². The Morgan fingerprint density at radius 2 is 1.62 bits per heavy atom. The minimum atomic E-state index is 0.705. The van der Waals surface area contributed by atoms with Crippen molar-refractivity contribution in [2.45, 2.75) is 58.9 Å². The van der Waals surface area contributed by atoms with Gasteiger partial charge in [-0.05, 0) is 73.4 Å². The van der Waals surface area contributed by atoms with E-state index in [1.54, 1.807) is 11.1 Å². The molecule has 3 unspecified atom stereocenters. The lowest BCUT2D eigenvalue weighted by atomic mass is 9.77. The van der Waals surface area contributed by atoms with Crippen molar-refractivity contribution in [3.05, 3.63) is 35.4 Å². The summed E-state index contributed by atoms with van der Waals surface area (Å²) in [4.78, 5) is 0. The maximum absolute atomic E-state index is 3.89. The molecule has 1 heteroatoms. The van der Waals surface area contributed by atoms with Crippen LogP contribution in [0.3, 0.4) is 0 Å². The molecule has 2 aliphatic rings. The van der Waals surface area contributed by atoms with E-state index in [1.165, 1.54) is 38.6 Å². The van der Waals surface area contributed by atoms with Crippen LogP contribution in [0.1, 0.15) is 51.2 Å². The Hall–Kier alpha value is -0.820. The standard InChI is InChI=1S/C20H31N/c1-4-11-21-20(14(2)3)19-17-9-10-18(19)13-16-8-6-5-7-15(16)12-17/h5-8,14,17-21H,4,9-13H2,1-3H3. The van der Waals surface area contributed by atoms with Gasteiger partial charge in [0, 0.05) is 6.04 Å². The molecule has 0 heterocycles. The molecule has 0 radical (unpaired) electrons. The number of rotatable bonds is 5. The summed E-state index contributed by atoms with van der Waals surface area (Å²) in [7, 11) is 0. The van der Waals surface area contributed by atoms with Crippen LogP contribution in [0, 0.1) is 23.7 Å². The minimum Gasteiger partial charge on any atom is -0.313 e. The molecular weight excluding hydrogens is 254 g/mol. The van der Waals surface area contributed by atoms with Gasteiger partial charge < -0.3 is 5.32 Å². The molecule has 3 atom stereocenters. The van der Waals surface area contributed by atoms with Gasteiger partial charge in [0.15, 0.2) is 0 Å². The summed E-state index contributed by atoms with van der Waals surface area (Å²) in [5.74, 6) is 3.42. The number of benzene rings is 1. The van der Waals surface area contributed by atoms with Gasteiger partial charge in [0.05, 0.1) is 0 Å². The summed E-state index contributed by atoms with van der Waals surface area (Å²) < 4.78 is 0. The van der Waals surface area contributed by atoms with E-state index in [1.807, 2.05) is 0 Å². The van der Waals surface area contributed by atoms with Crippen LogP contribution in [0.25, 0.3) is 0 Å². The second-order valence-electron chi connectivity index (χ2n) is 7.58. The molecule has 0 aliphatic heterocycles. The molecule has 1 aromatic rings. The summed E-state index contributed by atoms with van der Waals surface area (Å²) in [6.45, 7) is 8.27. The monoisotopic (exact) mass is 285 g/mol. The summed E-state index contributed by atoms with van der Waals surface area (Å²) in [5.41, 5.74) is 3.26. The van der Waals surface area contributed by atoms with E-state index in [9.17, 15) is 0 Å². The third-order valence-electron chi connectivity index (χ3n) is 5.84. The van der Waals surface area contributed by atoms with Gasteiger partial charge in [-0.2, -0.15) is 0 Å². The molecule has 116 valence electrons. The van der Waals surface area contributed by atoms with E-state index < -0.39 is 0 Å². The molecule has 1 N–H and O–H groups in total.